The number of imide groups is 1. The van der Waals surface area contributed by atoms with E-state index in [4.69, 9.17) is 9.84 Å². The Bertz CT molecular complexity index is 638. The van der Waals surface area contributed by atoms with Gasteiger partial charge in [-0.05, 0) is 11.5 Å². The highest BCUT2D eigenvalue weighted by Crippen LogP contribution is 2.04. The molecule has 1 atom stereocenters. The molecule has 0 saturated carbocycles. The van der Waals surface area contributed by atoms with Gasteiger partial charge in [0, 0.05) is 12.2 Å². The monoisotopic (exact) mass is 348 g/mol. The molecular weight excluding hydrogens is 328 g/mol. The molecule has 0 aliphatic carbocycles. The normalized spacial score (nSPS) is 13.6. The number of rotatable bonds is 5. The van der Waals surface area contributed by atoms with Crippen molar-refractivity contribution < 1.29 is 29.0 Å². The topological polar surface area (TPSA) is 122 Å². The Balaban J connectivity index is 0.000000370. The first-order valence-electron chi connectivity index (χ1n) is 7.52. The van der Waals surface area contributed by atoms with Gasteiger partial charge in [-0.25, -0.2) is 9.59 Å². The van der Waals surface area contributed by atoms with Gasteiger partial charge in [0.2, 0.25) is 0 Å². The highest BCUT2D eigenvalue weighted by atomic mass is 16.5. The van der Waals surface area contributed by atoms with Crippen LogP contribution in [0.2, 0.25) is 0 Å². The summed E-state index contributed by atoms with van der Waals surface area (Å²) < 4.78 is 4.95. The summed E-state index contributed by atoms with van der Waals surface area (Å²) in [6.07, 6.45) is 1.67. The maximum absolute atomic E-state index is 11.4. The zero-order chi connectivity index (χ0) is 18.8. The van der Waals surface area contributed by atoms with Gasteiger partial charge in [-0.2, -0.15) is 0 Å². The second-order valence-corrected chi connectivity index (χ2v) is 5.45. The second-order valence-electron chi connectivity index (χ2n) is 5.45. The van der Waals surface area contributed by atoms with Crippen molar-refractivity contribution in [2.45, 2.75) is 26.5 Å². The predicted molar refractivity (Wildman–Crippen MR) is 88.3 cm³/mol. The molecule has 0 spiro atoms. The van der Waals surface area contributed by atoms with Crippen molar-refractivity contribution >= 4 is 23.9 Å². The zero-order valence-electron chi connectivity index (χ0n) is 13.9. The Kier molecular flexibility index (Phi) is 7.85. The average molecular weight is 348 g/mol. The van der Waals surface area contributed by atoms with Crippen LogP contribution in [-0.4, -0.2) is 35.0 Å². The van der Waals surface area contributed by atoms with Crippen LogP contribution < -0.4 is 10.6 Å². The number of hydrogen-bond acceptors (Lipinski definition) is 5. The SMILES string of the molecule is CC(C)C(NC(=O)OCc1ccccc1)C(=O)O.O=C1C=CC(=O)N1. The number of carboxylic acid groups (broad SMARTS) is 1. The van der Waals surface area contributed by atoms with E-state index in [9.17, 15) is 19.2 Å². The van der Waals surface area contributed by atoms with E-state index in [0.29, 0.717) is 0 Å². The fourth-order valence-corrected chi connectivity index (χ4v) is 1.76. The van der Waals surface area contributed by atoms with Crippen molar-refractivity contribution in [3.63, 3.8) is 0 Å². The van der Waals surface area contributed by atoms with Gasteiger partial charge in [-0.3, -0.25) is 14.9 Å². The Morgan fingerprint density at radius 1 is 1.12 bits per heavy atom. The van der Waals surface area contributed by atoms with Gasteiger partial charge in [-0.1, -0.05) is 44.2 Å². The number of carboxylic acids is 1. The van der Waals surface area contributed by atoms with Crippen molar-refractivity contribution in [3.05, 3.63) is 48.0 Å². The number of nitrogens with one attached hydrogen (secondary N) is 2. The molecule has 1 aliphatic rings. The largest absolute Gasteiger partial charge is 0.480 e. The standard InChI is InChI=1S/C13H17NO4.C4H3NO2/c1-9(2)11(12(15)16)14-13(17)18-8-10-6-4-3-5-7-10;6-3-1-2-4(7)5-3/h3-7,9,11H,8H2,1-2H3,(H,14,17)(H,15,16);1-2H,(H,5,6,7). The number of hydrogen-bond donors (Lipinski definition) is 3. The molecule has 3 amide bonds. The molecule has 1 unspecified atom stereocenters. The maximum atomic E-state index is 11.4. The first kappa shape index (κ1) is 19.9. The highest BCUT2D eigenvalue weighted by molar-refractivity contribution is 6.12. The number of ether oxygens (including phenoxy) is 1. The van der Waals surface area contributed by atoms with E-state index in [1.54, 1.807) is 13.8 Å². The maximum Gasteiger partial charge on any atom is 0.408 e. The molecule has 0 aromatic heterocycles. The second kappa shape index (κ2) is 9.86. The molecule has 134 valence electrons. The lowest BCUT2D eigenvalue weighted by Gasteiger charge is -2.17. The lowest BCUT2D eigenvalue weighted by Crippen LogP contribution is -2.44. The van der Waals surface area contributed by atoms with Crippen molar-refractivity contribution in [2.24, 2.45) is 5.92 Å². The van der Waals surface area contributed by atoms with Crippen LogP contribution in [0.4, 0.5) is 4.79 Å². The summed E-state index contributed by atoms with van der Waals surface area (Å²) in [5, 5.41) is 13.3. The summed E-state index contributed by atoms with van der Waals surface area (Å²) in [6.45, 7) is 3.56. The molecular formula is C17H20N2O6. The predicted octanol–water partition coefficient (Wildman–Crippen LogP) is 1.22. The van der Waals surface area contributed by atoms with Gasteiger partial charge in [0.15, 0.2) is 0 Å². The smallest absolute Gasteiger partial charge is 0.408 e. The summed E-state index contributed by atoms with van der Waals surface area (Å²) in [6, 6.07) is 8.25. The lowest BCUT2D eigenvalue weighted by molar-refractivity contribution is -0.140. The minimum Gasteiger partial charge on any atom is -0.480 e. The first-order valence-corrected chi connectivity index (χ1v) is 7.52. The van der Waals surface area contributed by atoms with E-state index >= 15 is 0 Å². The van der Waals surface area contributed by atoms with Crippen LogP contribution in [0.25, 0.3) is 0 Å². The van der Waals surface area contributed by atoms with E-state index in [-0.39, 0.29) is 24.3 Å². The third-order valence-corrected chi connectivity index (χ3v) is 3.05. The van der Waals surface area contributed by atoms with E-state index in [0.717, 1.165) is 5.56 Å². The van der Waals surface area contributed by atoms with Gasteiger partial charge >= 0.3 is 12.1 Å². The molecule has 0 radical (unpaired) electrons. The summed E-state index contributed by atoms with van der Waals surface area (Å²) in [5.74, 6) is -1.93. The Labute approximate surface area is 144 Å². The van der Waals surface area contributed by atoms with Crippen LogP contribution >= 0.6 is 0 Å². The summed E-state index contributed by atoms with van der Waals surface area (Å²) in [5.41, 5.74) is 0.851. The van der Waals surface area contributed by atoms with Crippen LogP contribution in [0, 0.1) is 5.92 Å². The quantitative estimate of drug-likeness (QED) is 0.688. The minimum atomic E-state index is -1.07. The van der Waals surface area contributed by atoms with Crippen LogP contribution in [0.1, 0.15) is 19.4 Å². The third kappa shape index (κ3) is 7.78. The fourth-order valence-electron chi connectivity index (χ4n) is 1.76. The van der Waals surface area contributed by atoms with Crippen LogP contribution in [0.3, 0.4) is 0 Å². The molecule has 0 bridgehead atoms. The van der Waals surface area contributed by atoms with E-state index < -0.39 is 18.1 Å². The summed E-state index contributed by atoms with van der Waals surface area (Å²) in [4.78, 5) is 42.4. The van der Waals surface area contributed by atoms with E-state index in [2.05, 4.69) is 5.32 Å². The van der Waals surface area contributed by atoms with Gasteiger partial charge in [0.1, 0.15) is 12.6 Å². The molecule has 1 aromatic carbocycles. The number of alkyl carbamates (subject to hydrolysis) is 1. The molecule has 1 heterocycles. The number of aliphatic carboxylic acids is 1. The van der Waals surface area contributed by atoms with Crippen molar-refractivity contribution in [3.8, 4) is 0 Å². The Morgan fingerprint density at radius 3 is 2.08 bits per heavy atom. The Morgan fingerprint density at radius 2 is 1.68 bits per heavy atom. The van der Waals surface area contributed by atoms with Gasteiger partial charge in [0.05, 0.1) is 0 Å². The van der Waals surface area contributed by atoms with Gasteiger partial charge in [0.25, 0.3) is 11.8 Å². The molecule has 25 heavy (non-hydrogen) atoms. The summed E-state index contributed by atoms with van der Waals surface area (Å²) >= 11 is 0. The number of amides is 3. The average Bonchev–Trinajstić information content (AvgIpc) is 2.94. The number of carbonyl (C=O) groups is 4. The van der Waals surface area contributed by atoms with Crippen LogP contribution in [0.5, 0.6) is 0 Å². The summed E-state index contributed by atoms with van der Waals surface area (Å²) in [7, 11) is 0. The van der Waals surface area contributed by atoms with Crippen LogP contribution in [-0.2, 0) is 25.7 Å². The first-order chi connectivity index (χ1) is 11.8. The lowest BCUT2D eigenvalue weighted by atomic mass is 10.1. The van der Waals surface area contributed by atoms with E-state index in [1.807, 2.05) is 35.6 Å². The molecule has 0 saturated heterocycles. The molecule has 1 aliphatic heterocycles. The van der Waals surface area contributed by atoms with Crippen LogP contribution in [0.15, 0.2) is 42.5 Å². The van der Waals surface area contributed by atoms with E-state index in [1.165, 1.54) is 12.2 Å². The zero-order valence-corrected chi connectivity index (χ0v) is 13.9. The highest BCUT2D eigenvalue weighted by Gasteiger charge is 2.23. The fraction of sp³-hybridized carbons (Fsp3) is 0.294. The van der Waals surface area contributed by atoms with Gasteiger partial charge < -0.3 is 15.2 Å². The minimum absolute atomic E-state index is 0.122. The molecule has 8 nitrogen and oxygen atoms in total. The molecule has 3 N–H and O–H groups in total. The molecule has 2 rings (SSSR count). The number of carbonyl (C=O) groups excluding carboxylic acids is 3. The van der Waals surface area contributed by atoms with Gasteiger partial charge in [-0.15, -0.1) is 0 Å². The van der Waals surface area contributed by atoms with Crippen molar-refractivity contribution in [2.75, 3.05) is 0 Å². The molecule has 1 aromatic rings. The molecule has 0 fully saturated rings. The number of benzene rings is 1. The van der Waals surface area contributed by atoms with Crippen molar-refractivity contribution in [1.82, 2.24) is 10.6 Å². The third-order valence-electron chi connectivity index (χ3n) is 3.05. The van der Waals surface area contributed by atoms with Crippen molar-refractivity contribution in [1.29, 1.82) is 0 Å². The Hall–Kier alpha value is -3.16. The molecule has 8 heteroatoms.